The molecular weight excluding hydrogens is 321 g/mol. The first kappa shape index (κ1) is 16.7. The van der Waals surface area contributed by atoms with Crippen LogP contribution in [0.1, 0.15) is 24.2 Å². The molecule has 3 heterocycles. The van der Waals surface area contributed by atoms with Crippen LogP contribution in [-0.4, -0.2) is 51.0 Å². The second-order valence-corrected chi connectivity index (χ2v) is 5.96. The number of alkyl halides is 3. The Morgan fingerprint density at radius 2 is 2.25 bits per heavy atom. The summed E-state index contributed by atoms with van der Waals surface area (Å²) in [6.07, 6.45) is 1.99. The number of aromatic nitrogens is 4. The summed E-state index contributed by atoms with van der Waals surface area (Å²) in [4.78, 5) is 18.8. The van der Waals surface area contributed by atoms with Crippen molar-refractivity contribution in [3.63, 3.8) is 0 Å². The van der Waals surface area contributed by atoms with E-state index in [4.69, 9.17) is 0 Å². The van der Waals surface area contributed by atoms with Crippen molar-refractivity contribution in [1.29, 1.82) is 0 Å². The molecule has 1 saturated heterocycles. The number of nitrogens with one attached hydrogen (secondary N) is 1. The number of nitrogens with zero attached hydrogens (tertiary/aromatic N) is 5. The number of H-pyrrole nitrogens is 1. The van der Waals surface area contributed by atoms with Gasteiger partial charge >= 0.3 is 6.18 Å². The molecule has 1 atom stereocenters. The van der Waals surface area contributed by atoms with Crippen molar-refractivity contribution in [1.82, 2.24) is 24.8 Å². The molecule has 1 aliphatic heterocycles. The van der Waals surface area contributed by atoms with Crippen LogP contribution in [0, 0.1) is 0 Å². The van der Waals surface area contributed by atoms with Crippen LogP contribution in [0.15, 0.2) is 24.8 Å². The maximum atomic E-state index is 12.8. The van der Waals surface area contributed by atoms with E-state index >= 15 is 0 Å². The van der Waals surface area contributed by atoms with E-state index in [1.54, 1.807) is 24.5 Å². The van der Waals surface area contributed by atoms with Gasteiger partial charge in [0.2, 0.25) is 5.95 Å². The Labute approximate surface area is 137 Å². The summed E-state index contributed by atoms with van der Waals surface area (Å²) < 4.78 is 38.5. The molecule has 130 valence electrons. The van der Waals surface area contributed by atoms with Crippen LogP contribution >= 0.6 is 0 Å². The van der Waals surface area contributed by atoms with Gasteiger partial charge < -0.3 is 9.88 Å². The minimum Gasteiger partial charge on any atom is -0.347 e. The first-order valence-electron chi connectivity index (χ1n) is 7.76. The van der Waals surface area contributed by atoms with E-state index in [9.17, 15) is 13.2 Å². The Kier molecular flexibility index (Phi) is 4.70. The predicted octanol–water partition coefficient (Wildman–Crippen LogP) is 2.32. The number of hydrogen-bond acceptors (Lipinski definition) is 5. The fourth-order valence-electron chi connectivity index (χ4n) is 2.94. The number of hydrogen-bond donors (Lipinski definition) is 1. The first-order chi connectivity index (χ1) is 11.4. The summed E-state index contributed by atoms with van der Waals surface area (Å²) in [6.45, 7) is 2.44. The zero-order valence-electron chi connectivity index (χ0n) is 13.3. The molecule has 3 rings (SSSR count). The summed E-state index contributed by atoms with van der Waals surface area (Å²) >= 11 is 0. The molecule has 0 aromatic carbocycles. The number of likely N-dealkylation sites (tertiary alicyclic amines) is 1. The molecule has 2 aromatic heterocycles. The lowest BCUT2D eigenvalue weighted by Crippen LogP contribution is -2.46. The van der Waals surface area contributed by atoms with E-state index in [2.05, 4.69) is 24.8 Å². The summed E-state index contributed by atoms with van der Waals surface area (Å²) in [7, 11) is 1.75. The minimum absolute atomic E-state index is 0.0742. The fourth-order valence-corrected chi connectivity index (χ4v) is 2.94. The van der Waals surface area contributed by atoms with Crippen molar-refractivity contribution < 1.29 is 13.2 Å². The molecule has 24 heavy (non-hydrogen) atoms. The standard InChI is InChI=1S/C15H19F3N6/c1-23(14-20-5-4-13(22-14)15(16,17)18)12-3-2-6-24(9-12)8-11-7-19-10-21-11/h4-5,7,10,12H,2-3,6,8-9H2,1H3,(H,19,21). The third-order valence-electron chi connectivity index (χ3n) is 4.23. The van der Waals surface area contributed by atoms with Gasteiger partial charge in [-0.25, -0.2) is 15.0 Å². The third-order valence-corrected chi connectivity index (χ3v) is 4.23. The van der Waals surface area contributed by atoms with Gasteiger partial charge in [0.05, 0.1) is 6.33 Å². The number of imidazole rings is 1. The smallest absolute Gasteiger partial charge is 0.347 e. The van der Waals surface area contributed by atoms with Crippen LogP contribution in [0.2, 0.25) is 0 Å². The number of likely N-dealkylation sites (N-methyl/N-ethyl adjacent to an activating group) is 1. The van der Waals surface area contributed by atoms with Crippen molar-refractivity contribution in [2.75, 3.05) is 25.0 Å². The topological polar surface area (TPSA) is 60.9 Å². The molecule has 2 aromatic rings. The second kappa shape index (κ2) is 6.76. The van der Waals surface area contributed by atoms with Gasteiger partial charge in [-0.3, -0.25) is 4.90 Å². The Morgan fingerprint density at radius 1 is 1.42 bits per heavy atom. The highest BCUT2D eigenvalue weighted by molar-refractivity contribution is 5.31. The normalized spacial score (nSPS) is 19.4. The molecule has 0 aliphatic carbocycles. The first-order valence-corrected chi connectivity index (χ1v) is 7.76. The monoisotopic (exact) mass is 340 g/mol. The lowest BCUT2D eigenvalue weighted by molar-refractivity contribution is -0.141. The largest absolute Gasteiger partial charge is 0.433 e. The number of piperidine rings is 1. The highest BCUT2D eigenvalue weighted by Gasteiger charge is 2.34. The number of anilines is 1. The number of halogens is 3. The molecule has 0 amide bonds. The van der Waals surface area contributed by atoms with E-state index in [1.165, 1.54) is 0 Å². The quantitative estimate of drug-likeness (QED) is 0.926. The van der Waals surface area contributed by atoms with Crippen molar-refractivity contribution >= 4 is 5.95 Å². The lowest BCUT2D eigenvalue weighted by Gasteiger charge is -2.37. The van der Waals surface area contributed by atoms with Crippen LogP contribution in [-0.2, 0) is 12.7 Å². The Hall–Kier alpha value is -2.16. The average Bonchev–Trinajstić information content (AvgIpc) is 3.07. The molecule has 0 saturated carbocycles. The molecule has 0 spiro atoms. The van der Waals surface area contributed by atoms with E-state index < -0.39 is 11.9 Å². The summed E-state index contributed by atoms with van der Waals surface area (Å²) in [5, 5.41) is 0. The molecule has 1 fully saturated rings. The van der Waals surface area contributed by atoms with Crippen molar-refractivity contribution in [2.45, 2.75) is 31.6 Å². The maximum Gasteiger partial charge on any atom is 0.433 e. The predicted molar refractivity (Wildman–Crippen MR) is 82.3 cm³/mol. The zero-order valence-corrected chi connectivity index (χ0v) is 13.3. The average molecular weight is 340 g/mol. The lowest BCUT2D eigenvalue weighted by atomic mass is 10.0. The molecule has 9 heteroatoms. The highest BCUT2D eigenvalue weighted by atomic mass is 19.4. The van der Waals surface area contributed by atoms with Crippen LogP contribution in [0.4, 0.5) is 19.1 Å². The number of rotatable bonds is 4. The molecule has 0 radical (unpaired) electrons. The van der Waals surface area contributed by atoms with Gasteiger partial charge in [0.1, 0.15) is 5.69 Å². The summed E-state index contributed by atoms with van der Waals surface area (Å²) in [6, 6.07) is 0.966. The van der Waals surface area contributed by atoms with Gasteiger partial charge in [0, 0.05) is 44.3 Å². The Bertz CT molecular complexity index is 657. The van der Waals surface area contributed by atoms with Gasteiger partial charge in [-0.1, -0.05) is 0 Å². The Balaban J connectivity index is 1.69. The molecular formula is C15H19F3N6. The van der Waals surface area contributed by atoms with Crippen LogP contribution < -0.4 is 4.90 Å². The van der Waals surface area contributed by atoms with Gasteiger partial charge in [0.25, 0.3) is 0 Å². The molecule has 1 N–H and O–H groups in total. The van der Waals surface area contributed by atoms with E-state index in [1.807, 2.05) is 0 Å². The molecule has 0 bridgehead atoms. The van der Waals surface area contributed by atoms with Crippen LogP contribution in [0.5, 0.6) is 0 Å². The third kappa shape index (κ3) is 3.84. The minimum atomic E-state index is -4.46. The summed E-state index contributed by atoms with van der Waals surface area (Å²) in [5.74, 6) is 0.109. The van der Waals surface area contributed by atoms with Gasteiger partial charge in [-0.2, -0.15) is 13.2 Å². The molecule has 6 nitrogen and oxygen atoms in total. The van der Waals surface area contributed by atoms with E-state index in [0.29, 0.717) is 0 Å². The number of aromatic amines is 1. The maximum absolute atomic E-state index is 12.8. The summed E-state index contributed by atoms with van der Waals surface area (Å²) in [5.41, 5.74) is 0.109. The van der Waals surface area contributed by atoms with Crippen molar-refractivity contribution in [3.05, 3.63) is 36.2 Å². The highest BCUT2D eigenvalue weighted by Crippen LogP contribution is 2.28. The van der Waals surface area contributed by atoms with Gasteiger partial charge in [-0.05, 0) is 25.5 Å². The van der Waals surface area contributed by atoms with Gasteiger partial charge in [0.15, 0.2) is 0 Å². The SMILES string of the molecule is CN(c1nccc(C(F)(F)F)n1)C1CCCN(Cc2cnc[nH]2)C1. The molecule has 1 unspecified atom stereocenters. The van der Waals surface area contributed by atoms with Gasteiger partial charge in [-0.15, -0.1) is 0 Å². The van der Waals surface area contributed by atoms with E-state index in [0.717, 1.165) is 50.4 Å². The molecule has 1 aliphatic rings. The Morgan fingerprint density at radius 3 is 2.96 bits per heavy atom. The van der Waals surface area contributed by atoms with Crippen LogP contribution in [0.25, 0.3) is 0 Å². The van der Waals surface area contributed by atoms with Crippen molar-refractivity contribution in [3.8, 4) is 0 Å². The van der Waals surface area contributed by atoms with Crippen molar-refractivity contribution in [2.24, 2.45) is 0 Å². The van der Waals surface area contributed by atoms with Crippen LogP contribution in [0.3, 0.4) is 0 Å². The second-order valence-electron chi connectivity index (χ2n) is 5.96. The zero-order chi connectivity index (χ0) is 17.2. The van der Waals surface area contributed by atoms with E-state index in [-0.39, 0.29) is 12.0 Å². The fraction of sp³-hybridized carbons (Fsp3) is 0.533.